The first kappa shape index (κ1) is 36.0. The lowest BCUT2D eigenvalue weighted by Gasteiger charge is -2.29. The second-order valence-corrected chi connectivity index (χ2v) is 14.9. The van der Waals surface area contributed by atoms with Crippen molar-refractivity contribution in [3.8, 4) is 22.4 Å². The Labute approximate surface area is 319 Å². The molecule has 2 saturated heterocycles. The molecule has 4 atom stereocenters. The lowest BCUT2D eigenvalue weighted by atomic mass is 9.99. The Morgan fingerprint density at radius 3 is 2.15 bits per heavy atom. The molecule has 2 aliphatic heterocycles. The minimum atomic E-state index is -0.706. The quantitative estimate of drug-likeness (QED) is 0.122. The lowest BCUT2D eigenvalue weighted by Crippen LogP contribution is -2.51. The van der Waals surface area contributed by atoms with E-state index in [2.05, 4.69) is 63.8 Å². The molecule has 12 nitrogen and oxygen atoms in total. The molecule has 3 amide bonds. The van der Waals surface area contributed by atoms with Gasteiger partial charge in [-0.05, 0) is 83.3 Å². The van der Waals surface area contributed by atoms with Gasteiger partial charge in [-0.3, -0.25) is 9.59 Å². The van der Waals surface area contributed by atoms with E-state index < -0.39 is 18.2 Å². The van der Waals surface area contributed by atoms with Crippen LogP contribution in [0.1, 0.15) is 74.9 Å². The number of nitrogens with one attached hydrogen (secondary N) is 3. The van der Waals surface area contributed by atoms with Crippen LogP contribution < -0.4 is 11.1 Å². The fourth-order valence-corrected chi connectivity index (χ4v) is 8.10. The number of rotatable bonds is 9. The maximum absolute atomic E-state index is 13.6. The zero-order chi connectivity index (χ0) is 38.2. The first-order chi connectivity index (χ1) is 26.7. The summed E-state index contributed by atoms with van der Waals surface area (Å²) >= 11 is 0. The summed E-state index contributed by atoms with van der Waals surface area (Å²) < 4.78 is 4.78. The molecule has 0 aliphatic carbocycles. The Kier molecular flexibility index (Phi) is 9.83. The Morgan fingerprint density at radius 1 is 0.800 bits per heavy atom. The molecule has 2 aliphatic rings. The number of likely N-dealkylation sites (tertiary alicyclic amines) is 2. The van der Waals surface area contributed by atoms with Crippen LogP contribution in [0.25, 0.3) is 44.2 Å². The molecule has 0 unspecified atom stereocenters. The van der Waals surface area contributed by atoms with Gasteiger partial charge in [0, 0.05) is 18.7 Å². The molecule has 6 aromatic rings. The van der Waals surface area contributed by atoms with E-state index in [1.165, 1.54) is 7.11 Å². The van der Waals surface area contributed by atoms with Crippen molar-refractivity contribution in [1.82, 2.24) is 35.1 Å². The van der Waals surface area contributed by atoms with Crippen molar-refractivity contribution in [2.45, 2.75) is 63.7 Å². The number of nitrogens with zero attached hydrogens (tertiary/aromatic N) is 4. The molecule has 8 rings (SSSR count). The summed E-state index contributed by atoms with van der Waals surface area (Å²) in [4.78, 5) is 59.4. The van der Waals surface area contributed by atoms with E-state index in [9.17, 15) is 14.4 Å². The number of carbonyl (C=O) groups is 3. The standard InChI is InChI=1S/C43H46N8O4/c1-25(2)38(49-43(54)55-3)42(53)51-20-8-12-36(51)40-46-32-18-17-30(23-33(32)47-40)28-13-14-29-22-31(16-15-27(29)21-28)34-24-45-39(48-34)35-11-7-19-50(35)41(52)37(44)26-9-5-4-6-10-26/h4-6,9-10,13-18,21-25,35-38H,7-8,11-12,19-20,44H2,1-3H3,(H,45,48)(H,46,47)(H,49,54)/t35-,36-,37+,38-/m0/s1. The number of ether oxygens (including phenoxy) is 1. The molecule has 0 bridgehead atoms. The van der Waals surface area contributed by atoms with E-state index >= 15 is 0 Å². The van der Waals surface area contributed by atoms with Crippen molar-refractivity contribution >= 4 is 39.7 Å². The van der Waals surface area contributed by atoms with Crippen LogP contribution in [0.15, 0.2) is 91.1 Å². The van der Waals surface area contributed by atoms with Gasteiger partial charge in [-0.2, -0.15) is 0 Å². The molecule has 0 radical (unpaired) electrons. The van der Waals surface area contributed by atoms with E-state index in [1.807, 2.05) is 66.2 Å². The molecule has 0 spiro atoms. The van der Waals surface area contributed by atoms with E-state index in [-0.39, 0.29) is 29.8 Å². The van der Waals surface area contributed by atoms with Crippen LogP contribution in [-0.2, 0) is 14.3 Å². The van der Waals surface area contributed by atoms with Crippen LogP contribution >= 0.6 is 0 Å². The highest BCUT2D eigenvalue weighted by Crippen LogP contribution is 2.36. The number of benzene rings is 4. The minimum Gasteiger partial charge on any atom is -0.453 e. The number of hydrogen-bond acceptors (Lipinski definition) is 7. The number of alkyl carbamates (subject to hydrolysis) is 1. The molecular weight excluding hydrogens is 693 g/mol. The monoisotopic (exact) mass is 738 g/mol. The number of methoxy groups -OCH3 is 1. The Balaban J connectivity index is 0.985. The van der Waals surface area contributed by atoms with Crippen LogP contribution in [0, 0.1) is 5.92 Å². The van der Waals surface area contributed by atoms with Gasteiger partial charge < -0.3 is 35.6 Å². The average Bonchev–Trinajstić information content (AvgIpc) is 4.05. The number of hydrogen-bond donors (Lipinski definition) is 4. The molecular formula is C43H46N8O4. The van der Waals surface area contributed by atoms with Crippen molar-refractivity contribution < 1.29 is 19.1 Å². The topological polar surface area (TPSA) is 162 Å². The summed E-state index contributed by atoms with van der Waals surface area (Å²) in [5.41, 5.74) is 13.0. The van der Waals surface area contributed by atoms with Gasteiger partial charge in [0.1, 0.15) is 23.7 Å². The molecule has 2 fully saturated rings. The van der Waals surface area contributed by atoms with Gasteiger partial charge in [0.2, 0.25) is 11.8 Å². The second-order valence-electron chi connectivity index (χ2n) is 14.9. The van der Waals surface area contributed by atoms with Gasteiger partial charge in [-0.1, -0.05) is 74.5 Å². The summed E-state index contributed by atoms with van der Waals surface area (Å²) in [5.74, 6) is 1.20. The van der Waals surface area contributed by atoms with Crippen LogP contribution in [-0.4, -0.2) is 73.9 Å². The van der Waals surface area contributed by atoms with E-state index in [0.29, 0.717) is 13.1 Å². The number of H-pyrrole nitrogens is 2. The molecule has 55 heavy (non-hydrogen) atoms. The van der Waals surface area contributed by atoms with Crippen molar-refractivity contribution in [3.63, 3.8) is 0 Å². The predicted molar refractivity (Wildman–Crippen MR) is 212 cm³/mol. The van der Waals surface area contributed by atoms with Gasteiger partial charge in [0.15, 0.2) is 0 Å². The highest BCUT2D eigenvalue weighted by atomic mass is 16.5. The van der Waals surface area contributed by atoms with Crippen LogP contribution in [0.5, 0.6) is 0 Å². The fraction of sp³-hybridized carbons (Fsp3) is 0.326. The number of amides is 3. The third kappa shape index (κ3) is 7.05. The van der Waals surface area contributed by atoms with Crippen molar-refractivity contribution in [1.29, 1.82) is 0 Å². The summed E-state index contributed by atoms with van der Waals surface area (Å²) in [6.45, 7) is 5.08. The number of aromatic nitrogens is 4. The number of nitrogens with two attached hydrogens (primary N) is 1. The second kappa shape index (κ2) is 15.0. The molecule has 4 heterocycles. The number of imidazole rings is 2. The van der Waals surface area contributed by atoms with Crippen LogP contribution in [0.4, 0.5) is 4.79 Å². The van der Waals surface area contributed by atoms with Gasteiger partial charge in [-0.25, -0.2) is 14.8 Å². The normalized spacial score (nSPS) is 18.3. The Morgan fingerprint density at radius 2 is 1.44 bits per heavy atom. The van der Waals surface area contributed by atoms with Gasteiger partial charge in [0.25, 0.3) is 0 Å². The highest BCUT2D eigenvalue weighted by molar-refractivity contribution is 5.92. The summed E-state index contributed by atoms with van der Waals surface area (Å²) in [6, 6.07) is 26.8. The Hall–Kier alpha value is -6.01. The summed E-state index contributed by atoms with van der Waals surface area (Å²) in [6.07, 6.45) is 4.60. The van der Waals surface area contributed by atoms with Crippen molar-refractivity contribution in [3.05, 3.63) is 108 Å². The number of fused-ring (bicyclic) bond motifs is 2. The minimum absolute atomic E-state index is 0.0844. The SMILES string of the molecule is COC(=O)N[C@H](C(=O)N1CCC[C@H]1c1nc2ccc(-c3ccc4cc(-c5cnc([C@@H]6CCCN6C(=O)[C@H](N)c6ccccc6)[nH]5)ccc4c3)cc2[nH]1)C(C)C. The molecule has 4 aromatic carbocycles. The first-order valence-electron chi connectivity index (χ1n) is 19.0. The molecule has 0 saturated carbocycles. The average molecular weight is 739 g/mol. The largest absolute Gasteiger partial charge is 0.453 e. The fourth-order valence-electron chi connectivity index (χ4n) is 8.10. The zero-order valence-corrected chi connectivity index (χ0v) is 31.3. The lowest BCUT2D eigenvalue weighted by molar-refractivity contribution is -0.135. The summed E-state index contributed by atoms with van der Waals surface area (Å²) in [7, 11) is 1.30. The first-order valence-corrected chi connectivity index (χ1v) is 19.0. The van der Waals surface area contributed by atoms with Gasteiger partial charge in [-0.15, -0.1) is 0 Å². The maximum Gasteiger partial charge on any atom is 0.407 e. The van der Waals surface area contributed by atoms with E-state index in [4.69, 9.17) is 20.4 Å². The van der Waals surface area contributed by atoms with Gasteiger partial charge in [0.05, 0.1) is 42.1 Å². The van der Waals surface area contributed by atoms with Crippen molar-refractivity contribution in [2.24, 2.45) is 11.7 Å². The third-order valence-corrected chi connectivity index (χ3v) is 11.1. The molecule has 5 N–H and O–H groups in total. The zero-order valence-electron chi connectivity index (χ0n) is 31.3. The smallest absolute Gasteiger partial charge is 0.407 e. The summed E-state index contributed by atoms with van der Waals surface area (Å²) in [5, 5.41) is 4.92. The molecule has 2 aromatic heterocycles. The predicted octanol–water partition coefficient (Wildman–Crippen LogP) is 7.18. The van der Waals surface area contributed by atoms with Crippen LogP contribution in [0.2, 0.25) is 0 Å². The van der Waals surface area contributed by atoms with Crippen molar-refractivity contribution in [2.75, 3.05) is 20.2 Å². The number of carbonyl (C=O) groups excluding carboxylic acids is 3. The van der Waals surface area contributed by atoms with Crippen LogP contribution in [0.3, 0.4) is 0 Å². The number of aromatic amines is 2. The van der Waals surface area contributed by atoms with E-state index in [1.54, 1.807) is 0 Å². The third-order valence-electron chi connectivity index (χ3n) is 11.1. The maximum atomic E-state index is 13.6. The molecule has 282 valence electrons. The molecule has 12 heteroatoms. The Bertz CT molecular complexity index is 2370. The van der Waals surface area contributed by atoms with Gasteiger partial charge >= 0.3 is 6.09 Å². The highest BCUT2D eigenvalue weighted by Gasteiger charge is 2.38. The van der Waals surface area contributed by atoms with E-state index in [0.717, 1.165) is 87.1 Å².